The second-order valence-electron chi connectivity index (χ2n) is 8.75. The number of benzene rings is 5. The molecule has 3 heteroatoms. The van der Waals surface area contributed by atoms with Crippen LogP contribution in [0.2, 0.25) is 0 Å². The smallest absolute Gasteiger partial charge is 0.137 e. The van der Waals surface area contributed by atoms with Gasteiger partial charge in [-0.15, -0.1) is 0 Å². The van der Waals surface area contributed by atoms with Crippen molar-refractivity contribution in [3.05, 3.63) is 139 Å². The highest BCUT2D eigenvalue weighted by molar-refractivity contribution is 6.06. The first-order valence-corrected chi connectivity index (χ1v) is 11.7. The molecule has 0 spiro atoms. The Hall–Kier alpha value is -4.76. The predicted molar refractivity (Wildman–Crippen MR) is 145 cm³/mol. The number of fused-ring (bicyclic) bond motifs is 5. The maximum Gasteiger partial charge on any atom is 0.137 e. The molecule has 3 nitrogen and oxygen atoms in total. The molecule has 0 saturated carbocycles. The summed E-state index contributed by atoms with van der Waals surface area (Å²) in [5.74, 6) is 0. The minimum Gasteiger partial charge on any atom is -0.456 e. The van der Waals surface area contributed by atoms with Crippen LogP contribution >= 0.6 is 0 Å². The fraction of sp³-hybridized carbons (Fsp3) is 0. The van der Waals surface area contributed by atoms with Crippen molar-refractivity contribution in [3.63, 3.8) is 0 Å². The minimum absolute atomic E-state index is 0.866. The molecule has 0 unspecified atom stereocenters. The molecule has 0 amide bonds. The Morgan fingerprint density at radius 2 is 1.06 bits per heavy atom. The molecule has 166 valence electrons. The number of hydrogen-bond acceptors (Lipinski definition) is 3. The van der Waals surface area contributed by atoms with E-state index in [2.05, 4.69) is 120 Å². The van der Waals surface area contributed by atoms with Gasteiger partial charge in [-0.3, -0.25) is 0 Å². The lowest BCUT2D eigenvalue weighted by molar-refractivity contribution is 0.669. The number of hydrogen-bond donors (Lipinski definition) is 0. The Kier molecular flexibility index (Phi) is 4.30. The van der Waals surface area contributed by atoms with Crippen molar-refractivity contribution in [2.45, 2.75) is 0 Å². The van der Waals surface area contributed by atoms with Crippen molar-refractivity contribution in [1.29, 1.82) is 0 Å². The quantitative estimate of drug-likeness (QED) is 0.263. The van der Waals surface area contributed by atoms with E-state index in [0.29, 0.717) is 0 Å². The molecule has 0 N–H and O–H groups in total. The summed E-state index contributed by atoms with van der Waals surface area (Å²) in [5.41, 5.74) is 9.19. The maximum absolute atomic E-state index is 6.27. The summed E-state index contributed by atoms with van der Waals surface area (Å²) in [6.07, 6.45) is 0. The summed E-state index contributed by atoms with van der Waals surface area (Å²) in [6.45, 7) is 4.52. The average Bonchev–Trinajstić information content (AvgIpc) is 3.25. The number of furan rings is 1. The Bertz CT molecular complexity index is 1730. The highest BCUT2D eigenvalue weighted by atomic mass is 16.3. The molecule has 35 heavy (non-hydrogen) atoms. The second kappa shape index (κ2) is 7.64. The molecule has 0 saturated heterocycles. The second-order valence-corrected chi connectivity index (χ2v) is 8.75. The van der Waals surface area contributed by atoms with Crippen LogP contribution in [0.3, 0.4) is 0 Å². The van der Waals surface area contributed by atoms with Crippen LogP contribution in [0.4, 0.5) is 22.7 Å². The summed E-state index contributed by atoms with van der Waals surface area (Å²) < 4.78 is 6.27. The van der Waals surface area contributed by atoms with Gasteiger partial charge in [-0.1, -0.05) is 79.4 Å². The highest BCUT2D eigenvalue weighted by Crippen LogP contribution is 2.47. The van der Waals surface area contributed by atoms with Gasteiger partial charge in [0.2, 0.25) is 0 Å². The Balaban J connectivity index is 1.55. The monoisotopic (exact) mass is 450 g/mol. The first-order valence-electron chi connectivity index (χ1n) is 11.7. The third-order valence-corrected chi connectivity index (χ3v) is 6.72. The zero-order chi connectivity index (χ0) is 23.4. The van der Waals surface area contributed by atoms with Gasteiger partial charge in [0.1, 0.15) is 11.2 Å². The maximum atomic E-state index is 6.27. The number of rotatable bonds is 2. The highest BCUT2D eigenvalue weighted by Gasteiger charge is 2.30. The lowest BCUT2D eigenvalue weighted by atomic mass is 9.97. The van der Waals surface area contributed by atoms with E-state index in [1.54, 1.807) is 0 Å². The van der Waals surface area contributed by atoms with E-state index in [4.69, 9.17) is 4.42 Å². The molecule has 1 aromatic heterocycles. The summed E-state index contributed by atoms with van der Waals surface area (Å²) in [7, 11) is 0. The normalized spacial score (nSPS) is 13.1. The van der Waals surface area contributed by atoms with Crippen LogP contribution in [0, 0.1) is 0 Å². The van der Waals surface area contributed by atoms with Crippen LogP contribution in [0.25, 0.3) is 27.5 Å². The molecule has 0 radical (unpaired) electrons. The number of para-hydroxylation sites is 4. The van der Waals surface area contributed by atoms with Crippen molar-refractivity contribution in [2.75, 3.05) is 10.0 Å². The third-order valence-electron chi connectivity index (χ3n) is 6.72. The SMILES string of the molecule is C=C1c2ccccc2N(c2ccccc2)N(c2ccc3c(c2)oc2ccccc23)c2ccccc21. The van der Waals surface area contributed by atoms with Crippen molar-refractivity contribution < 1.29 is 4.42 Å². The largest absolute Gasteiger partial charge is 0.456 e. The average molecular weight is 451 g/mol. The van der Waals surface area contributed by atoms with Crippen molar-refractivity contribution in [3.8, 4) is 0 Å². The fourth-order valence-electron chi connectivity index (χ4n) is 5.11. The van der Waals surface area contributed by atoms with E-state index in [1.807, 2.05) is 18.2 Å². The van der Waals surface area contributed by atoms with Crippen LogP contribution in [-0.2, 0) is 0 Å². The number of nitrogens with zero attached hydrogens (tertiary/aromatic N) is 2. The van der Waals surface area contributed by atoms with Crippen LogP contribution in [-0.4, -0.2) is 0 Å². The molecular formula is C32H22N2O. The van der Waals surface area contributed by atoms with E-state index in [0.717, 1.165) is 61.4 Å². The molecule has 5 aromatic carbocycles. The Labute approximate surface area is 203 Å². The summed E-state index contributed by atoms with van der Waals surface area (Å²) in [4.78, 5) is 0. The first-order chi connectivity index (χ1) is 17.3. The lowest BCUT2D eigenvalue weighted by Crippen LogP contribution is -2.35. The number of hydrazine groups is 1. The van der Waals surface area contributed by atoms with Crippen LogP contribution < -0.4 is 10.0 Å². The summed E-state index contributed by atoms with van der Waals surface area (Å²) >= 11 is 0. The number of anilines is 4. The molecule has 0 bridgehead atoms. The zero-order valence-electron chi connectivity index (χ0n) is 19.1. The Morgan fingerprint density at radius 1 is 0.486 bits per heavy atom. The van der Waals surface area contributed by atoms with E-state index in [9.17, 15) is 0 Å². The third kappa shape index (κ3) is 2.99. The molecule has 1 aliphatic rings. The van der Waals surface area contributed by atoms with Gasteiger partial charge in [-0.2, -0.15) is 0 Å². The van der Waals surface area contributed by atoms with Gasteiger partial charge >= 0.3 is 0 Å². The molecule has 2 heterocycles. The molecule has 0 aliphatic carbocycles. The minimum atomic E-state index is 0.866. The van der Waals surface area contributed by atoms with Gasteiger partial charge in [-0.25, -0.2) is 10.0 Å². The van der Waals surface area contributed by atoms with Gasteiger partial charge < -0.3 is 4.42 Å². The molecule has 0 atom stereocenters. The predicted octanol–water partition coefficient (Wildman–Crippen LogP) is 8.85. The molecule has 0 fully saturated rings. The fourth-order valence-corrected chi connectivity index (χ4v) is 5.11. The Morgan fingerprint density at radius 3 is 1.80 bits per heavy atom. The van der Waals surface area contributed by atoms with E-state index >= 15 is 0 Å². The van der Waals surface area contributed by atoms with Crippen molar-refractivity contribution >= 4 is 50.3 Å². The zero-order valence-corrected chi connectivity index (χ0v) is 19.1. The molecule has 6 aromatic rings. The molecule has 1 aliphatic heterocycles. The summed E-state index contributed by atoms with van der Waals surface area (Å²) in [6, 6.07) is 42.1. The van der Waals surface area contributed by atoms with E-state index in [1.165, 1.54) is 0 Å². The van der Waals surface area contributed by atoms with E-state index < -0.39 is 0 Å². The van der Waals surface area contributed by atoms with Crippen LogP contribution in [0.15, 0.2) is 132 Å². The summed E-state index contributed by atoms with van der Waals surface area (Å²) in [5, 5.41) is 6.79. The molecular weight excluding hydrogens is 428 g/mol. The van der Waals surface area contributed by atoms with Gasteiger partial charge in [0, 0.05) is 28.0 Å². The van der Waals surface area contributed by atoms with Crippen molar-refractivity contribution in [2.24, 2.45) is 0 Å². The van der Waals surface area contributed by atoms with Gasteiger partial charge in [-0.05, 0) is 48.0 Å². The lowest BCUT2D eigenvalue weighted by Gasteiger charge is -2.38. The van der Waals surface area contributed by atoms with Crippen LogP contribution in [0.5, 0.6) is 0 Å². The van der Waals surface area contributed by atoms with Gasteiger partial charge in [0.05, 0.1) is 22.7 Å². The van der Waals surface area contributed by atoms with Gasteiger partial charge in [0.25, 0.3) is 0 Å². The first kappa shape index (κ1) is 19.7. The van der Waals surface area contributed by atoms with E-state index in [-0.39, 0.29) is 0 Å². The van der Waals surface area contributed by atoms with Gasteiger partial charge in [0.15, 0.2) is 0 Å². The standard InChI is InChI=1S/C32H22N2O/c1-22-25-13-5-8-16-29(25)33(23-11-3-2-4-12-23)34(30-17-9-6-14-26(22)30)24-19-20-28-27-15-7-10-18-31(27)35-32(28)21-24/h2-21H,1H2. The molecule has 7 rings (SSSR count). The van der Waals surface area contributed by atoms with Crippen LogP contribution in [0.1, 0.15) is 11.1 Å². The topological polar surface area (TPSA) is 19.6 Å². The van der Waals surface area contributed by atoms with Crippen molar-refractivity contribution in [1.82, 2.24) is 0 Å².